The first-order valence-electron chi connectivity index (χ1n) is 5.72. The van der Waals surface area contributed by atoms with E-state index in [9.17, 15) is 0 Å². The van der Waals surface area contributed by atoms with Crippen molar-refractivity contribution in [3.63, 3.8) is 0 Å². The zero-order chi connectivity index (χ0) is 13.7. The zero-order valence-corrected chi connectivity index (χ0v) is 14.8. The monoisotopic (exact) mass is 447 g/mol. The fourth-order valence-electron chi connectivity index (χ4n) is 1.52. The molecule has 0 aromatic heterocycles. The van der Waals surface area contributed by atoms with Gasteiger partial charge >= 0.3 is 0 Å². The Kier molecular flexibility index (Phi) is 5.73. The Morgan fingerprint density at radius 1 is 0.895 bits per heavy atom. The number of anilines is 1. The summed E-state index contributed by atoms with van der Waals surface area (Å²) in [4.78, 5) is 0. The molecule has 2 nitrogen and oxygen atoms in total. The first-order valence-corrected chi connectivity index (χ1v) is 8.10. The van der Waals surface area contributed by atoms with Gasteiger partial charge in [-0.1, -0.05) is 31.9 Å². The summed E-state index contributed by atoms with van der Waals surface area (Å²) in [7, 11) is 0. The van der Waals surface area contributed by atoms with Crippen LogP contribution in [0.15, 0.2) is 55.9 Å². The molecule has 2 aromatic rings. The Morgan fingerprint density at radius 2 is 1.58 bits per heavy atom. The van der Waals surface area contributed by atoms with E-state index in [0.29, 0.717) is 6.61 Å². The summed E-state index contributed by atoms with van der Waals surface area (Å²) in [5.41, 5.74) is 1.05. The lowest BCUT2D eigenvalue weighted by Gasteiger charge is -2.10. The lowest BCUT2D eigenvalue weighted by molar-refractivity contribution is 0.333. The van der Waals surface area contributed by atoms with Gasteiger partial charge in [-0.15, -0.1) is 0 Å². The van der Waals surface area contributed by atoms with E-state index >= 15 is 0 Å². The molecule has 2 rings (SSSR count). The van der Waals surface area contributed by atoms with Crippen LogP contribution in [0.3, 0.4) is 0 Å². The third-order valence-electron chi connectivity index (χ3n) is 2.43. The standard InChI is InChI=1S/C14H12Br3NO/c15-10-1-4-12(5-2-10)19-8-7-18-14-9-11(16)3-6-13(14)17/h1-6,9,18H,7-8H2. The molecule has 0 aliphatic carbocycles. The van der Waals surface area contributed by atoms with Gasteiger partial charge in [-0.3, -0.25) is 0 Å². The third-order valence-corrected chi connectivity index (χ3v) is 4.14. The van der Waals surface area contributed by atoms with Gasteiger partial charge in [0, 0.05) is 25.7 Å². The van der Waals surface area contributed by atoms with E-state index in [-0.39, 0.29) is 0 Å². The second-order valence-corrected chi connectivity index (χ2v) is 6.54. The van der Waals surface area contributed by atoms with Gasteiger partial charge in [0.25, 0.3) is 0 Å². The number of nitrogens with one attached hydrogen (secondary N) is 1. The molecule has 19 heavy (non-hydrogen) atoms. The van der Waals surface area contributed by atoms with Crippen molar-refractivity contribution >= 4 is 53.5 Å². The second-order valence-electron chi connectivity index (χ2n) is 3.85. The molecule has 0 fully saturated rings. The van der Waals surface area contributed by atoms with Crippen LogP contribution in [0.2, 0.25) is 0 Å². The van der Waals surface area contributed by atoms with Crippen LogP contribution in [0.25, 0.3) is 0 Å². The van der Waals surface area contributed by atoms with Gasteiger partial charge in [-0.05, 0) is 58.4 Å². The number of ether oxygens (including phenoxy) is 1. The number of hydrogen-bond donors (Lipinski definition) is 1. The number of rotatable bonds is 5. The quantitative estimate of drug-likeness (QED) is 0.611. The van der Waals surface area contributed by atoms with Crippen LogP contribution in [-0.4, -0.2) is 13.2 Å². The third kappa shape index (κ3) is 4.82. The van der Waals surface area contributed by atoms with E-state index in [1.54, 1.807) is 0 Å². The van der Waals surface area contributed by atoms with Gasteiger partial charge in [0.15, 0.2) is 0 Å². The predicted octanol–water partition coefficient (Wildman–Crippen LogP) is 5.47. The molecular weight excluding hydrogens is 438 g/mol. The lowest BCUT2D eigenvalue weighted by atomic mass is 10.3. The summed E-state index contributed by atoms with van der Waals surface area (Å²) in [6.07, 6.45) is 0. The van der Waals surface area contributed by atoms with Crippen molar-refractivity contribution in [1.82, 2.24) is 0 Å². The molecule has 5 heteroatoms. The highest BCUT2D eigenvalue weighted by atomic mass is 79.9. The zero-order valence-electron chi connectivity index (χ0n) is 10.00. The first kappa shape index (κ1) is 14.9. The molecule has 0 spiro atoms. The van der Waals surface area contributed by atoms with Crippen LogP contribution < -0.4 is 10.1 Å². The summed E-state index contributed by atoms with van der Waals surface area (Å²) in [5, 5.41) is 3.32. The maximum absolute atomic E-state index is 5.64. The molecule has 1 N–H and O–H groups in total. The predicted molar refractivity (Wildman–Crippen MR) is 90.0 cm³/mol. The van der Waals surface area contributed by atoms with Crippen molar-refractivity contribution in [3.05, 3.63) is 55.9 Å². The van der Waals surface area contributed by atoms with E-state index in [2.05, 4.69) is 53.1 Å². The molecule has 0 aliphatic heterocycles. The molecule has 0 amide bonds. The maximum atomic E-state index is 5.64. The average Bonchev–Trinajstić information content (AvgIpc) is 2.40. The minimum absolute atomic E-state index is 0.612. The molecule has 0 aliphatic rings. The van der Waals surface area contributed by atoms with Gasteiger partial charge in [0.2, 0.25) is 0 Å². The van der Waals surface area contributed by atoms with Crippen molar-refractivity contribution in [2.75, 3.05) is 18.5 Å². The van der Waals surface area contributed by atoms with E-state index in [4.69, 9.17) is 4.74 Å². The van der Waals surface area contributed by atoms with Crippen LogP contribution in [0.4, 0.5) is 5.69 Å². The fraction of sp³-hybridized carbons (Fsp3) is 0.143. The largest absolute Gasteiger partial charge is 0.492 e. The fourth-order valence-corrected chi connectivity index (χ4v) is 2.53. The summed E-state index contributed by atoms with van der Waals surface area (Å²) in [6, 6.07) is 13.8. The highest BCUT2D eigenvalue weighted by molar-refractivity contribution is 9.11. The molecule has 0 heterocycles. The van der Waals surface area contributed by atoms with Crippen molar-refractivity contribution < 1.29 is 4.74 Å². The van der Waals surface area contributed by atoms with E-state index in [1.807, 2.05) is 42.5 Å². The lowest BCUT2D eigenvalue weighted by Crippen LogP contribution is -2.11. The molecule has 0 atom stereocenters. The van der Waals surface area contributed by atoms with Crippen LogP contribution >= 0.6 is 47.8 Å². The van der Waals surface area contributed by atoms with Gasteiger partial charge in [0.05, 0.1) is 0 Å². The highest BCUT2D eigenvalue weighted by Gasteiger charge is 2.00. The van der Waals surface area contributed by atoms with E-state index in [1.165, 1.54) is 0 Å². The molecule has 0 unspecified atom stereocenters. The Bertz CT molecular complexity index is 543. The molecule has 0 saturated carbocycles. The van der Waals surface area contributed by atoms with Gasteiger partial charge in [-0.25, -0.2) is 0 Å². The van der Waals surface area contributed by atoms with Crippen molar-refractivity contribution in [1.29, 1.82) is 0 Å². The van der Waals surface area contributed by atoms with Crippen molar-refractivity contribution in [2.24, 2.45) is 0 Å². The number of halogens is 3. The Balaban J connectivity index is 1.80. The van der Waals surface area contributed by atoms with Crippen molar-refractivity contribution in [3.8, 4) is 5.75 Å². The van der Waals surface area contributed by atoms with Crippen molar-refractivity contribution in [2.45, 2.75) is 0 Å². The highest BCUT2D eigenvalue weighted by Crippen LogP contribution is 2.25. The molecule has 0 bridgehead atoms. The van der Waals surface area contributed by atoms with Gasteiger partial charge in [0.1, 0.15) is 12.4 Å². The van der Waals surface area contributed by atoms with Crippen LogP contribution in [-0.2, 0) is 0 Å². The second kappa shape index (κ2) is 7.31. The summed E-state index contributed by atoms with van der Waals surface area (Å²) < 4.78 is 8.78. The minimum atomic E-state index is 0.612. The first-order chi connectivity index (χ1) is 9.15. The SMILES string of the molecule is Brc1ccc(OCCNc2cc(Br)ccc2Br)cc1. The van der Waals surface area contributed by atoms with Crippen LogP contribution in [0.5, 0.6) is 5.75 Å². The topological polar surface area (TPSA) is 21.3 Å². The molecular formula is C14H12Br3NO. The smallest absolute Gasteiger partial charge is 0.119 e. The van der Waals surface area contributed by atoms with Gasteiger partial charge < -0.3 is 10.1 Å². The average molecular weight is 450 g/mol. The van der Waals surface area contributed by atoms with E-state index in [0.717, 1.165) is 31.4 Å². The summed E-state index contributed by atoms with van der Waals surface area (Å²) >= 11 is 10.4. The number of benzene rings is 2. The molecule has 0 saturated heterocycles. The normalized spacial score (nSPS) is 10.3. The van der Waals surface area contributed by atoms with Gasteiger partial charge in [-0.2, -0.15) is 0 Å². The van der Waals surface area contributed by atoms with Crippen LogP contribution in [0.1, 0.15) is 0 Å². The Hall–Kier alpha value is -0.520. The molecule has 0 radical (unpaired) electrons. The number of hydrogen-bond acceptors (Lipinski definition) is 2. The molecule has 100 valence electrons. The summed E-state index contributed by atoms with van der Waals surface area (Å²) in [6.45, 7) is 1.35. The minimum Gasteiger partial charge on any atom is -0.492 e. The Labute approximate surface area is 137 Å². The summed E-state index contributed by atoms with van der Waals surface area (Å²) in [5.74, 6) is 0.873. The van der Waals surface area contributed by atoms with E-state index < -0.39 is 0 Å². The Morgan fingerprint density at radius 3 is 2.32 bits per heavy atom. The maximum Gasteiger partial charge on any atom is 0.119 e. The molecule has 2 aromatic carbocycles. The van der Waals surface area contributed by atoms with Crippen LogP contribution in [0, 0.1) is 0 Å².